The number of ether oxygens (including phenoxy) is 1. The molecule has 0 unspecified atom stereocenters. The molecule has 4 rings (SSSR count). The number of esters is 1. The van der Waals surface area contributed by atoms with Crippen molar-refractivity contribution in [3.8, 4) is 10.7 Å². The fourth-order valence-corrected chi connectivity index (χ4v) is 3.70. The first-order valence-electron chi connectivity index (χ1n) is 8.35. The van der Waals surface area contributed by atoms with E-state index in [9.17, 15) is 14.4 Å². The van der Waals surface area contributed by atoms with Gasteiger partial charge in [0, 0.05) is 0 Å². The highest BCUT2D eigenvalue weighted by molar-refractivity contribution is 7.13. The van der Waals surface area contributed by atoms with Gasteiger partial charge in [-0.2, -0.15) is 0 Å². The van der Waals surface area contributed by atoms with Crippen LogP contribution in [0.3, 0.4) is 0 Å². The van der Waals surface area contributed by atoms with E-state index in [-0.39, 0.29) is 23.8 Å². The van der Waals surface area contributed by atoms with E-state index in [0.717, 1.165) is 4.88 Å². The molecule has 28 heavy (non-hydrogen) atoms. The maximum absolute atomic E-state index is 13.0. The third-order valence-corrected chi connectivity index (χ3v) is 5.14. The third-order valence-electron chi connectivity index (χ3n) is 4.27. The van der Waals surface area contributed by atoms with Gasteiger partial charge >= 0.3 is 5.97 Å². The Hall–Kier alpha value is -3.53. The van der Waals surface area contributed by atoms with Gasteiger partial charge in [-0.05, 0) is 23.6 Å². The lowest BCUT2D eigenvalue weighted by molar-refractivity contribution is -0.125. The zero-order valence-corrected chi connectivity index (χ0v) is 15.5. The van der Waals surface area contributed by atoms with E-state index in [1.165, 1.54) is 18.4 Å². The number of amides is 2. The maximum atomic E-state index is 13.0. The number of para-hydroxylation sites is 1. The first kappa shape index (κ1) is 17.9. The fraction of sp³-hybridized carbons (Fsp3) is 0.167. The average molecular weight is 397 g/mol. The molecule has 1 aliphatic rings. The Labute approximate surface area is 163 Å². The number of benzene rings is 1. The highest BCUT2D eigenvalue weighted by Crippen LogP contribution is 2.33. The SMILES string of the molecule is COC(=O)c1ccccc1NC(=O)[C@H]1CC(=O)Nc2nnc(-c3cccs3)n21. The van der Waals surface area contributed by atoms with Crippen LogP contribution < -0.4 is 10.6 Å². The van der Waals surface area contributed by atoms with Gasteiger partial charge in [0.25, 0.3) is 0 Å². The first-order valence-corrected chi connectivity index (χ1v) is 9.23. The van der Waals surface area contributed by atoms with Crippen LogP contribution >= 0.6 is 11.3 Å². The van der Waals surface area contributed by atoms with E-state index in [0.29, 0.717) is 11.5 Å². The lowest BCUT2D eigenvalue weighted by atomic mass is 10.1. The molecule has 1 atom stereocenters. The number of methoxy groups -OCH3 is 1. The Morgan fingerprint density at radius 3 is 2.82 bits per heavy atom. The van der Waals surface area contributed by atoms with Crippen molar-refractivity contribution in [2.75, 3.05) is 17.7 Å². The van der Waals surface area contributed by atoms with Crippen LogP contribution in [0.15, 0.2) is 41.8 Å². The Morgan fingerprint density at radius 1 is 1.25 bits per heavy atom. The van der Waals surface area contributed by atoms with Crippen molar-refractivity contribution in [2.45, 2.75) is 12.5 Å². The summed E-state index contributed by atoms with van der Waals surface area (Å²) < 4.78 is 6.36. The van der Waals surface area contributed by atoms with Gasteiger partial charge in [-0.25, -0.2) is 4.79 Å². The molecule has 9 nitrogen and oxygen atoms in total. The van der Waals surface area contributed by atoms with Gasteiger partial charge in [-0.15, -0.1) is 21.5 Å². The van der Waals surface area contributed by atoms with Crippen LogP contribution in [0.1, 0.15) is 22.8 Å². The summed E-state index contributed by atoms with van der Waals surface area (Å²) in [6.45, 7) is 0. The summed E-state index contributed by atoms with van der Waals surface area (Å²) in [4.78, 5) is 37.9. The lowest BCUT2D eigenvalue weighted by Crippen LogP contribution is -2.36. The predicted molar refractivity (Wildman–Crippen MR) is 102 cm³/mol. The highest BCUT2D eigenvalue weighted by atomic mass is 32.1. The number of fused-ring (bicyclic) bond motifs is 1. The third kappa shape index (κ3) is 3.14. The number of hydrogen-bond acceptors (Lipinski definition) is 7. The molecular weight excluding hydrogens is 382 g/mol. The van der Waals surface area contributed by atoms with Crippen molar-refractivity contribution in [3.05, 3.63) is 47.3 Å². The van der Waals surface area contributed by atoms with E-state index in [1.807, 2.05) is 17.5 Å². The number of anilines is 2. The normalized spacial score (nSPS) is 15.5. The minimum Gasteiger partial charge on any atom is -0.465 e. The zero-order valence-electron chi connectivity index (χ0n) is 14.7. The van der Waals surface area contributed by atoms with Crippen molar-refractivity contribution in [2.24, 2.45) is 0 Å². The predicted octanol–water partition coefficient (Wildman–Crippen LogP) is 2.32. The maximum Gasteiger partial charge on any atom is 0.339 e. The molecule has 0 saturated heterocycles. The number of nitrogens with one attached hydrogen (secondary N) is 2. The minimum absolute atomic E-state index is 0.0738. The molecule has 142 valence electrons. The van der Waals surface area contributed by atoms with E-state index < -0.39 is 17.9 Å². The molecule has 0 radical (unpaired) electrons. The van der Waals surface area contributed by atoms with Crippen molar-refractivity contribution in [3.63, 3.8) is 0 Å². The van der Waals surface area contributed by atoms with Crippen molar-refractivity contribution < 1.29 is 19.1 Å². The molecule has 0 aliphatic carbocycles. The van der Waals surface area contributed by atoms with E-state index in [2.05, 4.69) is 20.8 Å². The second-order valence-corrected chi connectivity index (χ2v) is 6.94. The summed E-state index contributed by atoms with van der Waals surface area (Å²) in [6.07, 6.45) is -0.0738. The van der Waals surface area contributed by atoms with Gasteiger partial charge < -0.3 is 10.1 Å². The second-order valence-electron chi connectivity index (χ2n) is 5.99. The molecule has 2 N–H and O–H groups in total. The Balaban J connectivity index is 1.70. The van der Waals surface area contributed by atoms with Crippen LogP contribution in [-0.4, -0.2) is 39.7 Å². The average Bonchev–Trinajstić information content (AvgIpc) is 3.36. The molecule has 2 amide bonds. The van der Waals surface area contributed by atoms with Gasteiger partial charge in [0.15, 0.2) is 5.82 Å². The number of rotatable bonds is 4. The molecule has 0 fully saturated rings. The Bertz CT molecular complexity index is 1060. The van der Waals surface area contributed by atoms with Gasteiger partial charge in [0.05, 0.1) is 29.7 Å². The lowest BCUT2D eigenvalue weighted by Gasteiger charge is -2.25. The van der Waals surface area contributed by atoms with Crippen LogP contribution in [-0.2, 0) is 14.3 Å². The van der Waals surface area contributed by atoms with E-state index in [1.54, 1.807) is 28.8 Å². The standard InChI is InChI=1S/C18H15N5O4S/c1-27-17(26)10-5-2-3-6-11(10)19-16(25)12-9-14(24)20-18-22-21-15(23(12)18)13-7-4-8-28-13/h2-8,12H,9H2,1H3,(H,19,25)(H,20,22,24)/t12-/m1/s1. The monoisotopic (exact) mass is 397 g/mol. The van der Waals surface area contributed by atoms with Gasteiger partial charge in [0.1, 0.15) is 6.04 Å². The molecule has 1 aromatic carbocycles. The van der Waals surface area contributed by atoms with E-state index >= 15 is 0 Å². The van der Waals surface area contributed by atoms with Gasteiger partial charge in [-0.1, -0.05) is 18.2 Å². The molecule has 3 heterocycles. The minimum atomic E-state index is -0.860. The summed E-state index contributed by atoms with van der Waals surface area (Å²) in [6, 6.07) is 9.38. The number of carbonyl (C=O) groups is 3. The van der Waals surface area contributed by atoms with Crippen LogP contribution in [0.25, 0.3) is 10.7 Å². The fourth-order valence-electron chi connectivity index (χ4n) is 2.99. The zero-order chi connectivity index (χ0) is 19.7. The number of carbonyl (C=O) groups excluding carboxylic acids is 3. The highest BCUT2D eigenvalue weighted by Gasteiger charge is 2.35. The second kappa shape index (κ2) is 7.24. The summed E-state index contributed by atoms with van der Waals surface area (Å²) in [5, 5.41) is 15.4. The van der Waals surface area contributed by atoms with Crippen LogP contribution in [0.4, 0.5) is 11.6 Å². The van der Waals surface area contributed by atoms with Crippen molar-refractivity contribution >= 4 is 40.8 Å². The van der Waals surface area contributed by atoms with Crippen LogP contribution in [0.5, 0.6) is 0 Å². The first-order chi connectivity index (χ1) is 13.6. The van der Waals surface area contributed by atoms with Crippen LogP contribution in [0, 0.1) is 0 Å². The molecule has 0 saturated carbocycles. The largest absolute Gasteiger partial charge is 0.465 e. The summed E-state index contributed by atoms with van der Waals surface area (Å²) in [7, 11) is 1.27. The topological polar surface area (TPSA) is 115 Å². The smallest absolute Gasteiger partial charge is 0.339 e. The molecule has 1 aliphatic heterocycles. The molecule has 10 heteroatoms. The van der Waals surface area contributed by atoms with Gasteiger partial charge in [0.2, 0.25) is 17.8 Å². The van der Waals surface area contributed by atoms with Gasteiger partial charge in [-0.3, -0.25) is 19.5 Å². The number of hydrogen-bond donors (Lipinski definition) is 2. The quantitative estimate of drug-likeness (QED) is 0.653. The molecule has 0 bridgehead atoms. The molecule has 2 aromatic heterocycles. The number of nitrogens with zero attached hydrogens (tertiary/aromatic N) is 3. The summed E-state index contributed by atoms with van der Waals surface area (Å²) in [5.41, 5.74) is 0.527. The Kier molecular flexibility index (Phi) is 4.62. The Morgan fingerprint density at radius 2 is 2.07 bits per heavy atom. The number of aromatic nitrogens is 3. The summed E-state index contributed by atoms with van der Waals surface area (Å²) in [5.74, 6) is -0.655. The number of thiophene rings is 1. The summed E-state index contributed by atoms with van der Waals surface area (Å²) >= 11 is 1.45. The van der Waals surface area contributed by atoms with Crippen LogP contribution in [0.2, 0.25) is 0 Å². The molecule has 0 spiro atoms. The van der Waals surface area contributed by atoms with Crippen molar-refractivity contribution in [1.82, 2.24) is 14.8 Å². The van der Waals surface area contributed by atoms with E-state index in [4.69, 9.17) is 4.74 Å². The molecular formula is C18H15N5O4S. The molecule has 3 aromatic rings. The van der Waals surface area contributed by atoms with Crippen molar-refractivity contribution in [1.29, 1.82) is 0 Å².